The summed E-state index contributed by atoms with van der Waals surface area (Å²) in [4.78, 5) is 11.8. The Labute approximate surface area is 116 Å². The number of nitrogens with zero attached hydrogens (tertiary/aromatic N) is 1. The number of hydrogen-bond acceptors (Lipinski definition) is 6. The minimum atomic E-state index is -3.49. The molecule has 19 heavy (non-hydrogen) atoms. The van der Waals surface area contributed by atoms with Crippen molar-refractivity contribution in [2.45, 2.75) is 18.9 Å². The lowest BCUT2D eigenvalue weighted by Crippen LogP contribution is -2.43. The molecule has 1 heterocycles. The van der Waals surface area contributed by atoms with Gasteiger partial charge in [0.1, 0.15) is 0 Å². The van der Waals surface area contributed by atoms with Crippen molar-refractivity contribution < 1.29 is 30.9 Å². The summed E-state index contributed by atoms with van der Waals surface area (Å²) in [6, 6.07) is 0. The van der Waals surface area contributed by atoms with Gasteiger partial charge in [-0.05, 0) is 12.8 Å². The maximum atomic E-state index is 10.8. The molecule has 8 nitrogen and oxygen atoms in total. The Bertz CT molecular complexity index is 493. The number of carbonyl (C=O) groups is 1. The van der Waals surface area contributed by atoms with E-state index in [0.717, 1.165) is 12.5 Å². The summed E-state index contributed by atoms with van der Waals surface area (Å²) in [5.74, 6) is 0. The average molecular weight is 338 g/mol. The zero-order valence-electron chi connectivity index (χ0n) is 10.4. The molecule has 1 aliphatic rings. The van der Waals surface area contributed by atoms with Crippen LogP contribution in [-0.2, 0) is 23.4 Å². The highest BCUT2D eigenvalue weighted by molar-refractivity contribution is 8.13. The Morgan fingerprint density at radius 2 is 1.79 bits per heavy atom. The molecule has 0 bridgehead atoms. The molecule has 1 atom stereocenters. The van der Waals surface area contributed by atoms with Gasteiger partial charge in [0.25, 0.3) is 10.1 Å². The number of amides is 1. The summed E-state index contributed by atoms with van der Waals surface area (Å²) >= 11 is 0. The summed E-state index contributed by atoms with van der Waals surface area (Å²) in [5.41, 5.74) is 0. The van der Waals surface area contributed by atoms with Crippen LogP contribution >= 0.6 is 10.7 Å². The Kier molecular flexibility index (Phi) is 7.05. The van der Waals surface area contributed by atoms with Crippen LogP contribution < -0.4 is 0 Å². The van der Waals surface area contributed by atoms with Crippen LogP contribution in [-0.4, -0.2) is 64.6 Å². The number of carboxylic acid groups (broad SMARTS) is 1. The van der Waals surface area contributed by atoms with Crippen molar-refractivity contribution in [1.82, 2.24) is 4.90 Å². The van der Waals surface area contributed by atoms with Gasteiger partial charge in [-0.15, -0.1) is 0 Å². The predicted molar refractivity (Wildman–Crippen MR) is 69.2 cm³/mol. The molecule has 0 aromatic rings. The molecule has 1 aliphatic heterocycles. The Balaban J connectivity index is 0.000000555. The predicted octanol–water partition coefficient (Wildman–Crippen LogP) is 0.290. The van der Waals surface area contributed by atoms with E-state index >= 15 is 0 Å². The molecular formula is C8H16ClNO7S2. The minimum Gasteiger partial charge on any atom is -0.465 e. The maximum Gasteiger partial charge on any atom is 0.407 e. The number of piperidine rings is 1. The van der Waals surface area contributed by atoms with Crippen molar-refractivity contribution in [3.63, 3.8) is 0 Å². The SMILES string of the molecule is CS(=O)(=O)Cl.CS(=O)(=O)O[C@@H]1CCCN(C(=O)O)C1. The fourth-order valence-electron chi connectivity index (χ4n) is 1.44. The summed E-state index contributed by atoms with van der Waals surface area (Å²) in [6.45, 7) is 0.571. The summed E-state index contributed by atoms with van der Waals surface area (Å²) in [5, 5.41) is 8.68. The number of likely N-dealkylation sites (tertiary alicyclic amines) is 1. The molecule has 0 radical (unpaired) electrons. The van der Waals surface area contributed by atoms with Crippen LogP contribution in [0.3, 0.4) is 0 Å². The second-order valence-corrected chi connectivity index (χ2v) is 8.62. The quantitative estimate of drug-likeness (QED) is 0.568. The van der Waals surface area contributed by atoms with Crippen LogP contribution in [0.1, 0.15) is 12.8 Å². The lowest BCUT2D eigenvalue weighted by atomic mass is 10.1. The van der Waals surface area contributed by atoms with Gasteiger partial charge in [-0.2, -0.15) is 8.42 Å². The van der Waals surface area contributed by atoms with Gasteiger partial charge in [-0.25, -0.2) is 13.2 Å². The van der Waals surface area contributed by atoms with Gasteiger partial charge in [0, 0.05) is 17.2 Å². The highest BCUT2D eigenvalue weighted by Crippen LogP contribution is 2.14. The van der Waals surface area contributed by atoms with Crippen molar-refractivity contribution in [3.8, 4) is 0 Å². The highest BCUT2D eigenvalue weighted by Gasteiger charge is 2.26. The lowest BCUT2D eigenvalue weighted by molar-refractivity contribution is 0.0828. The first-order chi connectivity index (χ1) is 8.38. The Hall–Kier alpha value is -0.580. The molecule has 114 valence electrons. The zero-order chi connectivity index (χ0) is 15.3. The summed E-state index contributed by atoms with van der Waals surface area (Å²) < 4.78 is 45.1. The topological polar surface area (TPSA) is 118 Å². The molecule has 0 aliphatic carbocycles. The van der Waals surface area contributed by atoms with Gasteiger partial charge in [-0.3, -0.25) is 4.18 Å². The Morgan fingerprint density at radius 1 is 1.32 bits per heavy atom. The van der Waals surface area contributed by atoms with E-state index in [2.05, 4.69) is 10.7 Å². The molecule has 0 aromatic heterocycles. The average Bonchev–Trinajstić information content (AvgIpc) is 2.12. The third-order valence-electron chi connectivity index (χ3n) is 1.96. The normalized spacial score (nSPS) is 20.4. The fraction of sp³-hybridized carbons (Fsp3) is 0.875. The van der Waals surface area contributed by atoms with Crippen LogP contribution in [0, 0.1) is 0 Å². The van der Waals surface area contributed by atoms with Crippen LogP contribution in [0.5, 0.6) is 0 Å². The molecule has 1 fully saturated rings. The van der Waals surface area contributed by atoms with E-state index in [1.165, 1.54) is 4.90 Å². The maximum absolute atomic E-state index is 10.8. The molecule has 11 heteroatoms. The van der Waals surface area contributed by atoms with Crippen molar-refractivity contribution in [2.75, 3.05) is 25.6 Å². The summed E-state index contributed by atoms with van der Waals surface area (Å²) in [6.07, 6.45) is 1.53. The molecule has 0 spiro atoms. The molecular weight excluding hydrogens is 322 g/mol. The first kappa shape index (κ1) is 18.4. The van der Waals surface area contributed by atoms with Crippen LogP contribution in [0.4, 0.5) is 4.79 Å². The monoisotopic (exact) mass is 337 g/mol. The lowest BCUT2D eigenvalue weighted by Gasteiger charge is -2.29. The third-order valence-corrected chi connectivity index (χ3v) is 2.58. The zero-order valence-corrected chi connectivity index (χ0v) is 12.8. The van der Waals surface area contributed by atoms with E-state index in [9.17, 15) is 21.6 Å². The molecule has 0 unspecified atom stereocenters. The minimum absolute atomic E-state index is 0.127. The van der Waals surface area contributed by atoms with E-state index in [1.807, 2.05) is 0 Å². The highest BCUT2D eigenvalue weighted by atomic mass is 35.7. The molecule has 0 aromatic carbocycles. The van der Waals surface area contributed by atoms with Gasteiger partial charge in [0.15, 0.2) is 0 Å². The third kappa shape index (κ3) is 12.2. The first-order valence-corrected chi connectivity index (χ1v) is 9.67. The Morgan fingerprint density at radius 3 is 2.16 bits per heavy atom. The van der Waals surface area contributed by atoms with Crippen molar-refractivity contribution in [3.05, 3.63) is 0 Å². The summed E-state index contributed by atoms with van der Waals surface area (Å²) in [7, 11) is -2.18. The van der Waals surface area contributed by atoms with Crippen LogP contribution in [0.25, 0.3) is 0 Å². The number of hydrogen-bond donors (Lipinski definition) is 1. The standard InChI is InChI=1S/C7H13NO5S.CH3ClO2S/c1-14(11,12)13-6-3-2-4-8(5-6)7(9)10;1-5(2,3)4/h6H,2-5H2,1H3,(H,9,10);1H3/t6-;/m1./s1. The van der Waals surface area contributed by atoms with Gasteiger partial charge < -0.3 is 10.0 Å². The van der Waals surface area contributed by atoms with Crippen molar-refractivity contribution >= 4 is 35.9 Å². The van der Waals surface area contributed by atoms with Crippen molar-refractivity contribution in [2.24, 2.45) is 0 Å². The smallest absolute Gasteiger partial charge is 0.407 e. The largest absolute Gasteiger partial charge is 0.465 e. The van der Waals surface area contributed by atoms with Gasteiger partial charge >= 0.3 is 6.09 Å². The van der Waals surface area contributed by atoms with E-state index in [1.54, 1.807) is 0 Å². The van der Waals surface area contributed by atoms with E-state index in [0.29, 0.717) is 19.4 Å². The molecule has 1 saturated heterocycles. The van der Waals surface area contributed by atoms with Gasteiger partial charge in [0.05, 0.1) is 25.2 Å². The van der Waals surface area contributed by atoms with Crippen LogP contribution in [0.2, 0.25) is 0 Å². The van der Waals surface area contributed by atoms with E-state index < -0.39 is 31.4 Å². The van der Waals surface area contributed by atoms with E-state index in [4.69, 9.17) is 9.29 Å². The first-order valence-electron chi connectivity index (χ1n) is 5.14. The second kappa shape index (κ2) is 7.27. The van der Waals surface area contributed by atoms with Crippen LogP contribution in [0.15, 0.2) is 0 Å². The van der Waals surface area contributed by atoms with Gasteiger partial charge in [0.2, 0.25) is 9.05 Å². The fourth-order valence-corrected chi connectivity index (χ4v) is 2.09. The van der Waals surface area contributed by atoms with Crippen molar-refractivity contribution in [1.29, 1.82) is 0 Å². The van der Waals surface area contributed by atoms with Gasteiger partial charge in [-0.1, -0.05) is 0 Å². The molecule has 1 rings (SSSR count). The number of rotatable bonds is 2. The molecule has 1 amide bonds. The second-order valence-electron chi connectivity index (χ2n) is 3.97. The molecule has 0 saturated carbocycles. The van der Waals surface area contributed by atoms with E-state index in [-0.39, 0.29) is 6.54 Å². The number of halogens is 1. The molecule has 1 N–H and O–H groups in total.